The minimum atomic E-state index is -0.0169. The number of amides is 1. The summed E-state index contributed by atoms with van der Waals surface area (Å²) in [5.74, 6) is -0.0169. The van der Waals surface area contributed by atoms with Crippen molar-refractivity contribution in [1.82, 2.24) is 10.6 Å². The molecule has 0 aliphatic rings. The topological polar surface area (TPSA) is 41.1 Å². The van der Waals surface area contributed by atoms with E-state index in [1.54, 1.807) is 7.05 Å². The zero-order valence-corrected chi connectivity index (χ0v) is 10.4. The van der Waals surface area contributed by atoms with Crippen LogP contribution in [0.3, 0.4) is 0 Å². The van der Waals surface area contributed by atoms with Gasteiger partial charge in [0.1, 0.15) is 0 Å². The molecule has 4 heteroatoms. The molecule has 0 heterocycles. The van der Waals surface area contributed by atoms with Crippen molar-refractivity contribution < 1.29 is 4.79 Å². The highest BCUT2D eigenvalue weighted by molar-refractivity contribution is 9.11. The molecule has 0 aliphatic carbocycles. The third kappa shape index (κ3) is 5.07. The first-order valence-corrected chi connectivity index (χ1v) is 5.40. The largest absolute Gasteiger partial charge is 0.379 e. The minimum Gasteiger partial charge on any atom is -0.379 e. The fourth-order valence-corrected chi connectivity index (χ4v) is 1.59. The van der Waals surface area contributed by atoms with Gasteiger partial charge < -0.3 is 10.6 Å². The Morgan fingerprint density at radius 2 is 2.14 bits per heavy atom. The van der Waals surface area contributed by atoms with Crippen molar-refractivity contribution in [1.29, 1.82) is 0 Å². The van der Waals surface area contributed by atoms with Gasteiger partial charge in [0.2, 0.25) is 5.91 Å². The van der Waals surface area contributed by atoms with Gasteiger partial charge in [-0.1, -0.05) is 19.1 Å². The number of nitrogens with one attached hydrogen (secondary N) is 2. The molecule has 0 radical (unpaired) electrons. The molecule has 0 rings (SSSR count). The molecule has 2 N–H and O–H groups in total. The molecule has 0 saturated carbocycles. The van der Waals surface area contributed by atoms with E-state index < -0.39 is 0 Å². The first-order chi connectivity index (χ1) is 6.65. The second kappa shape index (κ2) is 7.62. The van der Waals surface area contributed by atoms with Crippen LogP contribution in [0.25, 0.3) is 0 Å². The highest BCUT2D eigenvalue weighted by Gasteiger charge is 2.01. The molecule has 0 aliphatic heterocycles. The molecule has 1 amide bonds. The summed E-state index contributed by atoms with van der Waals surface area (Å²) in [6.07, 6.45) is 4.76. The van der Waals surface area contributed by atoms with Gasteiger partial charge in [-0.25, -0.2) is 0 Å². The van der Waals surface area contributed by atoms with Crippen LogP contribution in [0.1, 0.15) is 20.3 Å². The molecule has 0 fully saturated rings. The van der Waals surface area contributed by atoms with E-state index in [-0.39, 0.29) is 5.91 Å². The lowest BCUT2D eigenvalue weighted by atomic mass is 10.3. The lowest BCUT2D eigenvalue weighted by Crippen LogP contribution is -2.31. The van der Waals surface area contributed by atoms with E-state index in [0.29, 0.717) is 6.54 Å². The number of likely N-dealkylation sites (N-methyl/N-ethyl adjacent to an activating group) is 1. The number of halogens is 1. The summed E-state index contributed by atoms with van der Waals surface area (Å²) in [5.41, 5.74) is 1.03. The molecule has 0 atom stereocenters. The summed E-state index contributed by atoms with van der Waals surface area (Å²) in [6, 6.07) is 0. The molecule has 14 heavy (non-hydrogen) atoms. The van der Waals surface area contributed by atoms with Gasteiger partial charge in [0.25, 0.3) is 0 Å². The van der Waals surface area contributed by atoms with Crippen LogP contribution in [-0.2, 0) is 4.79 Å². The monoisotopic (exact) mass is 260 g/mol. The van der Waals surface area contributed by atoms with E-state index in [1.807, 2.05) is 26.0 Å². The zero-order chi connectivity index (χ0) is 11.0. The van der Waals surface area contributed by atoms with Crippen molar-refractivity contribution in [3.8, 4) is 0 Å². The van der Waals surface area contributed by atoms with E-state index in [0.717, 1.165) is 16.6 Å². The Morgan fingerprint density at radius 3 is 2.57 bits per heavy atom. The quantitative estimate of drug-likeness (QED) is 0.742. The Bertz CT molecular complexity index is 247. The molecule has 3 nitrogen and oxygen atoms in total. The number of rotatable bonds is 5. The second-order valence-electron chi connectivity index (χ2n) is 2.71. The molecule has 0 aromatic carbocycles. The molecular weight excluding hydrogens is 244 g/mol. The van der Waals surface area contributed by atoms with Crippen LogP contribution in [0, 0.1) is 0 Å². The standard InChI is InChI=1S/C10H17BrN2O/c1-4-6-8(11)9(5-2)13-7-10(14)12-3/h4,6,13H,5,7H2,1-3H3,(H,12,14)/b6-4-,9-8-. The smallest absolute Gasteiger partial charge is 0.239 e. The summed E-state index contributed by atoms with van der Waals surface area (Å²) in [4.78, 5) is 11.0. The van der Waals surface area contributed by atoms with Gasteiger partial charge in [0, 0.05) is 17.2 Å². The normalized spacial score (nSPS) is 12.6. The van der Waals surface area contributed by atoms with Crippen LogP contribution in [0.2, 0.25) is 0 Å². The van der Waals surface area contributed by atoms with Crippen molar-refractivity contribution in [3.05, 3.63) is 22.3 Å². The summed E-state index contributed by atoms with van der Waals surface area (Å²) < 4.78 is 0.992. The lowest BCUT2D eigenvalue weighted by molar-refractivity contribution is -0.119. The van der Waals surface area contributed by atoms with Gasteiger partial charge in [0.05, 0.1) is 6.54 Å². The van der Waals surface area contributed by atoms with Crippen molar-refractivity contribution in [2.75, 3.05) is 13.6 Å². The average Bonchev–Trinajstić information content (AvgIpc) is 2.18. The first kappa shape index (κ1) is 13.2. The van der Waals surface area contributed by atoms with Gasteiger partial charge in [-0.15, -0.1) is 0 Å². The van der Waals surface area contributed by atoms with Crippen molar-refractivity contribution in [2.24, 2.45) is 0 Å². The van der Waals surface area contributed by atoms with Crippen LogP contribution < -0.4 is 10.6 Å². The van der Waals surface area contributed by atoms with Crippen LogP contribution in [-0.4, -0.2) is 19.5 Å². The van der Waals surface area contributed by atoms with Gasteiger partial charge in [0.15, 0.2) is 0 Å². The Morgan fingerprint density at radius 1 is 1.50 bits per heavy atom. The van der Waals surface area contributed by atoms with E-state index in [2.05, 4.69) is 26.6 Å². The molecular formula is C10H17BrN2O. The van der Waals surface area contributed by atoms with Crippen LogP contribution in [0.5, 0.6) is 0 Å². The fourth-order valence-electron chi connectivity index (χ4n) is 0.901. The molecule has 0 unspecified atom stereocenters. The molecule has 0 aromatic heterocycles. The van der Waals surface area contributed by atoms with Crippen molar-refractivity contribution >= 4 is 21.8 Å². The van der Waals surface area contributed by atoms with Gasteiger partial charge in [-0.3, -0.25) is 4.79 Å². The van der Waals surface area contributed by atoms with Crippen molar-refractivity contribution in [3.63, 3.8) is 0 Å². The summed E-state index contributed by atoms with van der Waals surface area (Å²) in [6.45, 7) is 4.30. The van der Waals surface area contributed by atoms with Crippen LogP contribution >= 0.6 is 15.9 Å². The van der Waals surface area contributed by atoms with E-state index in [4.69, 9.17) is 0 Å². The molecule has 0 spiro atoms. The summed E-state index contributed by atoms with van der Waals surface area (Å²) in [5, 5.41) is 5.63. The van der Waals surface area contributed by atoms with Gasteiger partial charge in [-0.05, 0) is 29.3 Å². The zero-order valence-electron chi connectivity index (χ0n) is 8.86. The maximum absolute atomic E-state index is 11.0. The lowest BCUT2D eigenvalue weighted by Gasteiger charge is -2.09. The SMILES string of the molecule is C/C=C\C(Br)=C(/CC)NCC(=O)NC. The Labute approximate surface area is 93.8 Å². The summed E-state index contributed by atoms with van der Waals surface area (Å²) in [7, 11) is 1.63. The van der Waals surface area contributed by atoms with Gasteiger partial charge >= 0.3 is 0 Å². The number of carbonyl (C=O) groups excluding carboxylic acids is 1. The van der Waals surface area contributed by atoms with E-state index in [1.165, 1.54) is 0 Å². The van der Waals surface area contributed by atoms with Crippen LogP contribution in [0.4, 0.5) is 0 Å². The first-order valence-electron chi connectivity index (χ1n) is 4.61. The van der Waals surface area contributed by atoms with Crippen LogP contribution in [0.15, 0.2) is 22.3 Å². The Kier molecular flexibility index (Phi) is 7.20. The molecule has 0 aromatic rings. The number of allylic oxidation sites excluding steroid dienone is 4. The molecule has 80 valence electrons. The predicted octanol–water partition coefficient (Wildman–Crippen LogP) is 1.91. The maximum atomic E-state index is 11.0. The van der Waals surface area contributed by atoms with Crippen molar-refractivity contribution in [2.45, 2.75) is 20.3 Å². The maximum Gasteiger partial charge on any atom is 0.239 e. The number of hydrogen-bond acceptors (Lipinski definition) is 2. The molecule has 0 bridgehead atoms. The molecule has 0 saturated heterocycles. The predicted molar refractivity (Wildman–Crippen MR) is 63.1 cm³/mol. The Balaban J connectivity index is 4.28. The van der Waals surface area contributed by atoms with Gasteiger partial charge in [-0.2, -0.15) is 0 Å². The highest BCUT2D eigenvalue weighted by Crippen LogP contribution is 2.13. The number of carbonyl (C=O) groups is 1. The van der Waals surface area contributed by atoms with E-state index in [9.17, 15) is 4.79 Å². The second-order valence-corrected chi connectivity index (χ2v) is 3.56. The third-order valence-electron chi connectivity index (χ3n) is 1.70. The number of hydrogen-bond donors (Lipinski definition) is 2. The minimum absolute atomic E-state index is 0.0169. The van der Waals surface area contributed by atoms with E-state index >= 15 is 0 Å². The third-order valence-corrected chi connectivity index (χ3v) is 2.44. The summed E-state index contributed by atoms with van der Waals surface area (Å²) >= 11 is 3.44. The highest BCUT2D eigenvalue weighted by atomic mass is 79.9. The average molecular weight is 261 g/mol. The fraction of sp³-hybridized carbons (Fsp3) is 0.500. The Hall–Kier alpha value is -0.770.